The lowest BCUT2D eigenvalue weighted by molar-refractivity contribution is -0.133. The minimum Gasteiger partial charge on any atom is -0.354 e. The van der Waals surface area contributed by atoms with Gasteiger partial charge in [-0.3, -0.25) is 29.1 Å². The molecule has 0 unspecified atom stereocenters. The smallest absolute Gasteiger partial charge is 0.274 e. The van der Waals surface area contributed by atoms with Crippen molar-refractivity contribution >= 4 is 23.6 Å². The molecule has 0 saturated carbocycles. The SMILES string of the molecule is O=C1NCCC[C@H]1NC(=O)[C@@H]1CN(C(=O)c2cccnc2)CCN1C(=O)c1cnccn1. The Balaban J connectivity index is 1.56. The van der Waals surface area contributed by atoms with Gasteiger partial charge in [0.15, 0.2) is 0 Å². The van der Waals surface area contributed by atoms with Crippen LogP contribution in [-0.2, 0) is 9.59 Å². The minimum atomic E-state index is -0.978. The van der Waals surface area contributed by atoms with Crippen LogP contribution in [0.2, 0.25) is 0 Å². The minimum absolute atomic E-state index is 0.0140. The molecule has 0 radical (unpaired) electrons. The van der Waals surface area contributed by atoms with Crippen LogP contribution < -0.4 is 10.6 Å². The summed E-state index contributed by atoms with van der Waals surface area (Å²) in [6.45, 7) is 0.934. The highest BCUT2D eigenvalue weighted by Gasteiger charge is 2.39. The van der Waals surface area contributed by atoms with Crippen molar-refractivity contribution in [2.75, 3.05) is 26.2 Å². The number of amides is 4. The van der Waals surface area contributed by atoms with Gasteiger partial charge in [-0.1, -0.05) is 0 Å². The van der Waals surface area contributed by atoms with Gasteiger partial charge in [0.2, 0.25) is 11.8 Å². The molecule has 4 amide bonds. The van der Waals surface area contributed by atoms with Crippen molar-refractivity contribution < 1.29 is 19.2 Å². The van der Waals surface area contributed by atoms with E-state index in [9.17, 15) is 19.2 Å². The zero-order valence-electron chi connectivity index (χ0n) is 17.3. The van der Waals surface area contributed by atoms with E-state index in [1.165, 1.54) is 34.6 Å². The summed E-state index contributed by atoms with van der Waals surface area (Å²) >= 11 is 0. The number of carbonyl (C=O) groups excluding carboxylic acids is 4. The fourth-order valence-electron chi connectivity index (χ4n) is 3.84. The third-order valence-corrected chi connectivity index (χ3v) is 5.52. The number of rotatable bonds is 4. The van der Waals surface area contributed by atoms with Gasteiger partial charge in [0.1, 0.15) is 17.8 Å². The van der Waals surface area contributed by atoms with Crippen LogP contribution in [0.3, 0.4) is 0 Å². The molecule has 0 spiro atoms. The van der Waals surface area contributed by atoms with E-state index in [1.807, 2.05) is 0 Å². The fraction of sp³-hybridized carbons (Fsp3) is 0.381. The first-order chi connectivity index (χ1) is 15.5. The molecular weight excluding hydrogens is 414 g/mol. The first-order valence-electron chi connectivity index (χ1n) is 10.4. The van der Waals surface area contributed by atoms with Crippen molar-refractivity contribution in [1.29, 1.82) is 0 Å². The molecule has 2 aliphatic heterocycles. The van der Waals surface area contributed by atoms with Crippen LogP contribution in [0.1, 0.15) is 33.7 Å². The highest BCUT2D eigenvalue weighted by atomic mass is 16.2. The molecule has 4 heterocycles. The Kier molecular flexibility index (Phi) is 6.34. The number of pyridine rings is 1. The number of nitrogens with zero attached hydrogens (tertiary/aromatic N) is 5. The maximum absolute atomic E-state index is 13.2. The summed E-state index contributed by atoms with van der Waals surface area (Å²) in [6.07, 6.45) is 8.47. The zero-order valence-corrected chi connectivity index (χ0v) is 17.3. The molecule has 2 aliphatic rings. The molecule has 2 saturated heterocycles. The van der Waals surface area contributed by atoms with E-state index >= 15 is 0 Å². The fourth-order valence-corrected chi connectivity index (χ4v) is 3.84. The summed E-state index contributed by atoms with van der Waals surface area (Å²) in [6, 6.07) is 1.66. The lowest BCUT2D eigenvalue weighted by atomic mass is 10.0. The molecule has 0 bridgehead atoms. The zero-order chi connectivity index (χ0) is 22.5. The summed E-state index contributed by atoms with van der Waals surface area (Å²) in [5.74, 6) is -1.48. The second-order valence-electron chi connectivity index (χ2n) is 7.59. The Morgan fingerprint density at radius 3 is 2.62 bits per heavy atom. The average Bonchev–Trinajstić information content (AvgIpc) is 2.85. The first kappa shape index (κ1) is 21.3. The van der Waals surface area contributed by atoms with Crippen molar-refractivity contribution in [3.63, 3.8) is 0 Å². The molecule has 2 atom stereocenters. The average molecular weight is 437 g/mol. The quantitative estimate of drug-likeness (QED) is 0.641. The van der Waals surface area contributed by atoms with Gasteiger partial charge in [0.25, 0.3) is 11.8 Å². The molecule has 166 valence electrons. The maximum atomic E-state index is 13.2. The van der Waals surface area contributed by atoms with Crippen LogP contribution in [0.4, 0.5) is 0 Å². The van der Waals surface area contributed by atoms with Crippen LogP contribution in [-0.4, -0.2) is 86.6 Å². The molecule has 11 nitrogen and oxygen atoms in total. The summed E-state index contributed by atoms with van der Waals surface area (Å²) in [5, 5.41) is 5.47. The van der Waals surface area contributed by atoms with Crippen LogP contribution in [0.25, 0.3) is 0 Å². The summed E-state index contributed by atoms with van der Waals surface area (Å²) in [7, 11) is 0. The van der Waals surface area contributed by atoms with Crippen molar-refractivity contribution in [2.45, 2.75) is 24.9 Å². The molecule has 0 aliphatic carbocycles. The van der Waals surface area contributed by atoms with Crippen molar-refractivity contribution in [3.8, 4) is 0 Å². The number of nitrogens with one attached hydrogen (secondary N) is 2. The van der Waals surface area contributed by atoms with Gasteiger partial charge in [0.05, 0.1) is 18.3 Å². The number of hydrogen-bond donors (Lipinski definition) is 2. The van der Waals surface area contributed by atoms with Crippen molar-refractivity contribution in [3.05, 3.63) is 54.4 Å². The predicted octanol–water partition coefficient (Wildman–Crippen LogP) is -0.767. The summed E-state index contributed by atoms with van der Waals surface area (Å²) in [5.41, 5.74) is 0.500. The van der Waals surface area contributed by atoms with Crippen molar-refractivity contribution in [1.82, 2.24) is 35.4 Å². The first-order valence-corrected chi connectivity index (χ1v) is 10.4. The second kappa shape index (κ2) is 9.50. The lowest BCUT2D eigenvalue weighted by Crippen LogP contribution is -2.63. The van der Waals surface area contributed by atoms with Crippen LogP contribution >= 0.6 is 0 Å². The largest absolute Gasteiger partial charge is 0.354 e. The highest BCUT2D eigenvalue weighted by molar-refractivity contribution is 5.99. The molecule has 2 aromatic rings. The molecular formula is C21H23N7O4. The number of carbonyl (C=O) groups is 4. The molecule has 2 fully saturated rings. The van der Waals surface area contributed by atoms with E-state index in [0.29, 0.717) is 18.5 Å². The van der Waals surface area contributed by atoms with Crippen LogP contribution in [0, 0.1) is 0 Å². The maximum Gasteiger partial charge on any atom is 0.274 e. The molecule has 0 aromatic carbocycles. The number of piperazine rings is 1. The number of hydrogen-bond acceptors (Lipinski definition) is 7. The Morgan fingerprint density at radius 1 is 1.06 bits per heavy atom. The Hall–Kier alpha value is -3.89. The molecule has 32 heavy (non-hydrogen) atoms. The van der Waals surface area contributed by atoms with Gasteiger partial charge < -0.3 is 20.4 Å². The van der Waals surface area contributed by atoms with E-state index in [0.717, 1.165) is 6.42 Å². The van der Waals surface area contributed by atoms with E-state index < -0.39 is 23.9 Å². The lowest BCUT2D eigenvalue weighted by Gasteiger charge is -2.40. The number of piperidine rings is 1. The summed E-state index contributed by atoms with van der Waals surface area (Å²) < 4.78 is 0. The molecule has 11 heteroatoms. The second-order valence-corrected chi connectivity index (χ2v) is 7.59. The van der Waals surface area contributed by atoms with Gasteiger partial charge in [-0.2, -0.15) is 0 Å². The molecule has 2 aromatic heterocycles. The van der Waals surface area contributed by atoms with E-state index in [1.54, 1.807) is 18.3 Å². The monoisotopic (exact) mass is 437 g/mol. The van der Waals surface area contributed by atoms with Crippen LogP contribution in [0.15, 0.2) is 43.1 Å². The number of aromatic nitrogens is 3. The Bertz CT molecular complexity index is 1000. The molecule has 4 rings (SSSR count). The summed E-state index contributed by atoms with van der Waals surface area (Å²) in [4.78, 5) is 66.1. The van der Waals surface area contributed by atoms with E-state index in [-0.39, 0.29) is 37.1 Å². The standard InChI is InChI=1S/C21H23N7O4/c29-18-15(4-2-6-25-18)26-19(30)17-13-27(20(31)14-3-1-5-22-11-14)9-10-28(17)21(32)16-12-23-7-8-24-16/h1,3,5,7-8,11-12,15,17H,2,4,6,9-10,13H2,(H,25,29)(H,26,30)/t15-,17+/m1/s1. The Morgan fingerprint density at radius 2 is 1.91 bits per heavy atom. The molecule has 2 N–H and O–H groups in total. The predicted molar refractivity (Wildman–Crippen MR) is 111 cm³/mol. The topological polar surface area (TPSA) is 137 Å². The van der Waals surface area contributed by atoms with E-state index in [2.05, 4.69) is 25.6 Å². The third-order valence-electron chi connectivity index (χ3n) is 5.52. The normalized spacial score (nSPS) is 20.9. The highest BCUT2D eigenvalue weighted by Crippen LogP contribution is 2.17. The van der Waals surface area contributed by atoms with Gasteiger partial charge in [0, 0.05) is 44.4 Å². The van der Waals surface area contributed by atoms with Gasteiger partial charge in [-0.25, -0.2) is 4.98 Å². The third kappa shape index (κ3) is 4.56. The van der Waals surface area contributed by atoms with Gasteiger partial charge >= 0.3 is 0 Å². The van der Waals surface area contributed by atoms with Crippen LogP contribution in [0.5, 0.6) is 0 Å². The van der Waals surface area contributed by atoms with E-state index in [4.69, 9.17) is 0 Å². The van der Waals surface area contributed by atoms with Gasteiger partial charge in [-0.05, 0) is 25.0 Å². The van der Waals surface area contributed by atoms with Crippen molar-refractivity contribution in [2.24, 2.45) is 0 Å². The van der Waals surface area contributed by atoms with Gasteiger partial charge in [-0.15, -0.1) is 0 Å². The Labute approximate surface area is 184 Å².